The zero-order valence-electron chi connectivity index (χ0n) is 18.9. The summed E-state index contributed by atoms with van der Waals surface area (Å²) in [5.41, 5.74) is -1.56. The van der Waals surface area contributed by atoms with Crippen LogP contribution >= 0.6 is 11.6 Å². The maximum atomic E-state index is 13.5. The van der Waals surface area contributed by atoms with Crippen LogP contribution in [0.5, 0.6) is 23.0 Å². The molecule has 2 bridgehead atoms. The van der Waals surface area contributed by atoms with Gasteiger partial charge < -0.3 is 29.6 Å². The summed E-state index contributed by atoms with van der Waals surface area (Å²) in [6.07, 6.45) is -2.13. The molecular formula is C24H20ClF3N2O6. The predicted molar refractivity (Wildman–Crippen MR) is 118 cm³/mol. The second-order valence-electron chi connectivity index (χ2n) is 10.0. The zero-order chi connectivity index (χ0) is 25.5. The minimum atomic E-state index is -3.77. The fraction of sp³-hybridized carbons (Fsp3) is 0.417. The highest BCUT2D eigenvalue weighted by molar-refractivity contribution is 6.30. The standard InChI is InChI=1S/C24H20ClF3N2O6/c1-21(11-34-16-6-18-17(5-13(16)21)35-24(27,28)36-18)20(32)30-23-8-22(9-23,10-23)29-19(31)7-33-12-2-3-14(25)15(26)4-12/h2-6H,7-11H2,1H3,(H,29,31)(H,30,32). The number of benzene rings is 2. The van der Waals surface area contributed by atoms with Crippen molar-refractivity contribution in [1.82, 2.24) is 10.6 Å². The van der Waals surface area contributed by atoms with Gasteiger partial charge in [0.05, 0.1) is 5.02 Å². The minimum absolute atomic E-state index is 0.0358. The monoisotopic (exact) mass is 524 g/mol. The van der Waals surface area contributed by atoms with Crippen LogP contribution in [0.1, 0.15) is 31.7 Å². The second-order valence-corrected chi connectivity index (χ2v) is 10.4. The average Bonchev–Trinajstić information content (AvgIpc) is 3.25. The lowest BCUT2D eigenvalue weighted by Gasteiger charge is -2.70. The second kappa shape index (κ2) is 7.34. The largest absolute Gasteiger partial charge is 0.586 e. The summed E-state index contributed by atoms with van der Waals surface area (Å²) in [4.78, 5) is 25.6. The molecule has 2 heterocycles. The van der Waals surface area contributed by atoms with Gasteiger partial charge in [0.1, 0.15) is 29.3 Å². The van der Waals surface area contributed by atoms with E-state index in [1.807, 2.05) is 0 Å². The normalized spacial score (nSPS) is 29.8. The van der Waals surface area contributed by atoms with Crippen LogP contribution in [0.15, 0.2) is 30.3 Å². The summed E-state index contributed by atoms with van der Waals surface area (Å²) in [5.74, 6) is -1.13. The molecule has 2 N–H and O–H groups in total. The first kappa shape index (κ1) is 23.1. The topological polar surface area (TPSA) is 95.1 Å². The number of alkyl halides is 2. The Balaban J connectivity index is 1.04. The Morgan fingerprint density at radius 1 is 1.03 bits per heavy atom. The molecule has 8 nitrogen and oxygen atoms in total. The van der Waals surface area contributed by atoms with Gasteiger partial charge in [-0.2, -0.15) is 0 Å². The van der Waals surface area contributed by atoms with Crippen molar-refractivity contribution in [3.8, 4) is 23.0 Å². The molecule has 0 saturated heterocycles. The van der Waals surface area contributed by atoms with Gasteiger partial charge in [0.15, 0.2) is 18.1 Å². The Bertz CT molecular complexity index is 1300. The van der Waals surface area contributed by atoms with E-state index < -0.39 is 28.6 Å². The zero-order valence-corrected chi connectivity index (χ0v) is 19.6. The van der Waals surface area contributed by atoms with Gasteiger partial charge >= 0.3 is 6.29 Å². The molecule has 36 heavy (non-hydrogen) atoms. The van der Waals surface area contributed by atoms with Gasteiger partial charge in [-0.25, -0.2) is 4.39 Å². The van der Waals surface area contributed by atoms with E-state index in [-0.39, 0.29) is 53.0 Å². The van der Waals surface area contributed by atoms with Crippen LogP contribution in [-0.2, 0) is 15.0 Å². The van der Waals surface area contributed by atoms with Gasteiger partial charge in [-0.3, -0.25) is 9.59 Å². The minimum Gasteiger partial charge on any atom is -0.492 e. The molecule has 1 atom stereocenters. The number of fused-ring (bicyclic) bond motifs is 2. The van der Waals surface area contributed by atoms with E-state index >= 15 is 0 Å². The quantitative estimate of drug-likeness (QED) is 0.601. The van der Waals surface area contributed by atoms with Crippen LogP contribution in [0.4, 0.5) is 13.2 Å². The highest BCUT2D eigenvalue weighted by atomic mass is 35.5. The lowest BCUT2D eigenvalue weighted by molar-refractivity contribution is -0.286. The molecule has 2 amide bonds. The third-order valence-electron chi connectivity index (χ3n) is 7.19. The third kappa shape index (κ3) is 3.59. The summed E-state index contributed by atoms with van der Waals surface area (Å²) >= 11 is 5.63. The number of hydrogen-bond donors (Lipinski definition) is 2. The number of nitrogens with one attached hydrogen (secondary N) is 2. The van der Waals surface area contributed by atoms with E-state index in [4.69, 9.17) is 21.1 Å². The van der Waals surface area contributed by atoms with E-state index in [0.717, 1.165) is 6.07 Å². The van der Waals surface area contributed by atoms with E-state index in [9.17, 15) is 22.8 Å². The van der Waals surface area contributed by atoms with Gasteiger partial charge in [0.25, 0.3) is 5.91 Å². The van der Waals surface area contributed by atoms with Crippen molar-refractivity contribution in [1.29, 1.82) is 0 Å². The molecule has 7 rings (SSSR count). The first-order valence-corrected chi connectivity index (χ1v) is 11.6. The lowest BCUT2D eigenvalue weighted by atomic mass is 9.44. The molecule has 2 aliphatic heterocycles. The van der Waals surface area contributed by atoms with Crippen molar-refractivity contribution in [2.45, 2.75) is 49.0 Å². The molecule has 0 radical (unpaired) electrons. The summed E-state index contributed by atoms with van der Waals surface area (Å²) in [6, 6.07) is 6.57. The number of hydrogen-bond acceptors (Lipinski definition) is 6. The van der Waals surface area contributed by atoms with Crippen molar-refractivity contribution in [3.05, 3.63) is 46.7 Å². The first-order chi connectivity index (χ1) is 16.9. The number of ether oxygens (including phenoxy) is 4. The highest BCUT2D eigenvalue weighted by Crippen LogP contribution is 2.61. The van der Waals surface area contributed by atoms with Crippen LogP contribution in [0.2, 0.25) is 5.02 Å². The molecule has 2 aromatic carbocycles. The number of halogens is 4. The van der Waals surface area contributed by atoms with Crippen molar-refractivity contribution in [2.75, 3.05) is 13.2 Å². The van der Waals surface area contributed by atoms with Crippen molar-refractivity contribution < 1.29 is 41.7 Å². The average molecular weight is 525 g/mol. The number of rotatable bonds is 6. The van der Waals surface area contributed by atoms with Gasteiger partial charge in [0.2, 0.25) is 5.91 Å². The number of amides is 2. The smallest absolute Gasteiger partial charge is 0.492 e. The molecule has 5 aliphatic rings. The molecule has 3 fully saturated rings. The van der Waals surface area contributed by atoms with E-state index in [1.165, 1.54) is 24.3 Å². The van der Waals surface area contributed by atoms with Crippen LogP contribution in [0, 0.1) is 5.82 Å². The maximum Gasteiger partial charge on any atom is 0.586 e. The molecule has 1 unspecified atom stereocenters. The summed E-state index contributed by atoms with van der Waals surface area (Å²) in [6.45, 7) is 1.42. The molecule has 12 heteroatoms. The van der Waals surface area contributed by atoms with Crippen molar-refractivity contribution >= 4 is 23.4 Å². The fourth-order valence-electron chi connectivity index (χ4n) is 5.50. The number of carbonyl (C=O) groups is 2. The fourth-order valence-corrected chi connectivity index (χ4v) is 5.61. The Morgan fingerprint density at radius 3 is 2.39 bits per heavy atom. The molecule has 190 valence electrons. The SMILES string of the molecule is CC1(C(=O)NC23CC(NC(=O)COc4ccc(Cl)c(F)c4)(C2)C3)COc2cc3c(cc21)OC(F)(F)O3. The number of carbonyl (C=O) groups excluding carboxylic acids is 2. The highest BCUT2D eigenvalue weighted by Gasteiger charge is 2.70. The Morgan fingerprint density at radius 2 is 1.69 bits per heavy atom. The van der Waals surface area contributed by atoms with Gasteiger partial charge in [-0.05, 0) is 44.4 Å². The van der Waals surface area contributed by atoms with Crippen LogP contribution < -0.4 is 29.6 Å². The molecule has 0 spiro atoms. The van der Waals surface area contributed by atoms with Crippen LogP contribution in [0.3, 0.4) is 0 Å². The van der Waals surface area contributed by atoms with Gasteiger partial charge in [-0.1, -0.05) is 11.6 Å². The Labute approximate surface area is 208 Å². The third-order valence-corrected chi connectivity index (χ3v) is 7.50. The van der Waals surface area contributed by atoms with Crippen LogP contribution in [-0.4, -0.2) is 42.4 Å². The summed E-state index contributed by atoms with van der Waals surface area (Å²) in [7, 11) is 0. The first-order valence-electron chi connectivity index (χ1n) is 11.2. The van der Waals surface area contributed by atoms with Crippen molar-refractivity contribution in [2.24, 2.45) is 0 Å². The maximum absolute atomic E-state index is 13.5. The van der Waals surface area contributed by atoms with Gasteiger partial charge in [0, 0.05) is 28.8 Å². The Kier molecular flexibility index (Phi) is 4.71. The Hall–Kier alpha value is -3.34. The van der Waals surface area contributed by atoms with E-state index in [1.54, 1.807) is 6.92 Å². The van der Waals surface area contributed by atoms with Crippen LogP contribution in [0.25, 0.3) is 0 Å². The van der Waals surface area contributed by atoms with Gasteiger partial charge in [-0.15, -0.1) is 8.78 Å². The van der Waals surface area contributed by atoms with E-state index in [0.29, 0.717) is 24.8 Å². The molecule has 3 saturated carbocycles. The summed E-state index contributed by atoms with van der Waals surface area (Å²) < 4.78 is 60.3. The molecular weight excluding hydrogens is 505 g/mol. The molecule has 0 aromatic heterocycles. The summed E-state index contributed by atoms with van der Waals surface area (Å²) in [5, 5.41) is 5.94. The molecule has 2 aromatic rings. The molecule has 3 aliphatic carbocycles. The van der Waals surface area contributed by atoms with E-state index in [2.05, 4.69) is 20.1 Å². The lowest BCUT2D eigenvalue weighted by Crippen LogP contribution is -2.84. The van der Waals surface area contributed by atoms with Crippen molar-refractivity contribution in [3.63, 3.8) is 0 Å². The predicted octanol–water partition coefficient (Wildman–Crippen LogP) is 3.44.